The van der Waals surface area contributed by atoms with Crippen LogP contribution in [0.5, 0.6) is 0 Å². The average Bonchev–Trinajstić information content (AvgIpc) is 3.47. The number of rotatable bonds is 9. The van der Waals surface area contributed by atoms with E-state index in [1.165, 1.54) is 0 Å². The van der Waals surface area contributed by atoms with Crippen LogP contribution in [0, 0.1) is 12.8 Å². The van der Waals surface area contributed by atoms with E-state index in [2.05, 4.69) is 10.2 Å². The molecule has 0 aromatic carbocycles. The number of amides is 1. The Morgan fingerprint density at radius 2 is 2.09 bits per heavy atom. The Kier molecular flexibility index (Phi) is 8.23. The van der Waals surface area contributed by atoms with Crippen molar-refractivity contribution in [1.82, 2.24) is 24.8 Å². The van der Waals surface area contributed by atoms with Gasteiger partial charge in [-0.1, -0.05) is 0 Å². The summed E-state index contributed by atoms with van der Waals surface area (Å²) in [4.78, 5) is 22.8. The normalized spacial score (nSPS) is 23.6. The molecule has 2 aromatic rings. The predicted molar refractivity (Wildman–Crippen MR) is 136 cm³/mol. The highest BCUT2D eigenvalue weighted by molar-refractivity contribution is 5.83. The molecule has 0 bridgehead atoms. The molecule has 0 spiro atoms. The van der Waals surface area contributed by atoms with Gasteiger partial charge in [-0.3, -0.25) is 4.79 Å². The third kappa shape index (κ3) is 5.29. The molecule has 2 aliphatic heterocycles. The van der Waals surface area contributed by atoms with E-state index in [0.29, 0.717) is 19.5 Å². The molecule has 3 unspecified atom stereocenters. The van der Waals surface area contributed by atoms with E-state index in [9.17, 15) is 9.90 Å². The second kappa shape index (κ2) is 11.2. The Morgan fingerprint density at radius 3 is 2.74 bits per heavy atom. The van der Waals surface area contributed by atoms with Crippen LogP contribution >= 0.6 is 0 Å². The lowest BCUT2D eigenvalue weighted by Crippen LogP contribution is -2.55. The van der Waals surface area contributed by atoms with Gasteiger partial charge in [-0.25, -0.2) is 9.50 Å². The van der Waals surface area contributed by atoms with Gasteiger partial charge in [0, 0.05) is 49.4 Å². The second-order valence-electron chi connectivity index (χ2n) is 9.97. The molecule has 0 radical (unpaired) electrons. The van der Waals surface area contributed by atoms with Gasteiger partial charge in [0.1, 0.15) is 5.82 Å². The first-order valence-corrected chi connectivity index (χ1v) is 12.8. The van der Waals surface area contributed by atoms with E-state index < -0.39 is 18.1 Å². The zero-order valence-corrected chi connectivity index (χ0v) is 20.9. The number of nitrogens with two attached hydrogens (primary N) is 3. The summed E-state index contributed by atoms with van der Waals surface area (Å²) in [5, 5.41) is 18.5. The van der Waals surface area contributed by atoms with Gasteiger partial charge >= 0.3 is 0 Å². The van der Waals surface area contributed by atoms with Crippen LogP contribution in [0.15, 0.2) is 12.3 Å². The van der Waals surface area contributed by atoms with Crippen molar-refractivity contribution in [3.05, 3.63) is 23.5 Å². The summed E-state index contributed by atoms with van der Waals surface area (Å²) in [7, 11) is 1.74. The van der Waals surface area contributed by atoms with Gasteiger partial charge in [-0.05, 0) is 59.2 Å². The van der Waals surface area contributed by atoms with Gasteiger partial charge in [0.2, 0.25) is 5.91 Å². The molecule has 11 nitrogen and oxygen atoms in total. The standard InChI is InChI=1S/C24H41N9O2/c1-15-13-33-21(29-23(15)31-10-7-16(27)14-31)11-18(30-33)19-5-3-4-9-32(19)24(35)22(28-2)17(12-26)20(34)6-8-25/h11,13,16-17,19-20,22,28,34H,3-10,12,14,25-27H2,1-2H3/t16-,17?,19-,20?,22?/m0/s1. The van der Waals surface area contributed by atoms with Crippen LogP contribution in [0.3, 0.4) is 0 Å². The molecule has 5 atom stereocenters. The average molecular weight is 488 g/mol. The number of aryl methyl sites for hydroxylation is 1. The number of piperidine rings is 1. The molecule has 11 heteroatoms. The molecular formula is C24H41N9O2. The molecular weight excluding hydrogens is 446 g/mol. The zero-order chi connectivity index (χ0) is 25.1. The van der Waals surface area contributed by atoms with E-state index in [0.717, 1.165) is 61.5 Å². The van der Waals surface area contributed by atoms with E-state index in [1.807, 2.05) is 28.6 Å². The SMILES string of the molecule is CNC(C(=O)N1CCCC[C@H]1c1cc2nc(N3CC[C@H](N)C3)c(C)cn2n1)C(CN)C(O)CCN. The van der Waals surface area contributed by atoms with Crippen LogP contribution in [0.2, 0.25) is 0 Å². The van der Waals surface area contributed by atoms with Gasteiger partial charge < -0.3 is 37.4 Å². The molecule has 2 aliphatic rings. The summed E-state index contributed by atoms with van der Waals surface area (Å²) >= 11 is 0. The maximum absolute atomic E-state index is 13.7. The van der Waals surface area contributed by atoms with Crippen LogP contribution in [-0.4, -0.2) is 88.5 Å². The summed E-state index contributed by atoms with van der Waals surface area (Å²) in [6.07, 6.45) is 5.41. The third-order valence-electron chi connectivity index (χ3n) is 7.51. The number of nitrogens with zero attached hydrogens (tertiary/aromatic N) is 5. The summed E-state index contributed by atoms with van der Waals surface area (Å²) < 4.78 is 1.81. The summed E-state index contributed by atoms with van der Waals surface area (Å²) in [5.41, 5.74) is 20.4. The van der Waals surface area contributed by atoms with Gasteiger partial charge in [-0.2, -0.15) is 5.10 Å². The molecule has 0 aliphatic carbocycles. The second-order valence-corrected chi connectivity index (χ2v) is 9.97. The summed E-state index contributed by atoms with van der Waals surface area (Å²) in [5.74, 6) is 0.471. The number of hydrogen-bond donors (Lipinski definition) is 5. The number of aliphatic hydroxyl groups excluding tert-OH is 1. The number of carbonyl (C=O) groups excluding carboxylic acids is 1. The zero-order valence-electron chi connectivity index (χ0n) is 20.9. The Morgan fingerprint density at radius 1 is 1.29 bits per heavy atom. The topological polar surface area (TPSA) is 164 Å². The lowest BCUT2D eigenvalue weighted by Gasteiger charge is -2.39. The third-order valence-corrected chi connectivity index (χ3v) is 7.51. The molecule has 4 heterocycles. The first-order valence-electron chi connectivity index (χ1n) is 12.8. The van der Waals surface area contributed by atoms with E-state index >= 15 is 0 Å². The smallest absolute Gasteiger partial charge is 0.240 e. The predicted octanol–water partition coefficient (Wildman–Crippen LogP) is -0.499. The number of hydrogen-bond acceptors (Lipinski definition) is 9. The highest BCUT2D eigenvalue weighted by Gasteiger charge is 2.38. The first kappa shape index (κ1) is 25.8. The Labute approximate surface area is 207 Å². The number of anilines is 1. The van der Waals surface area contributed by atoms with Crippen molar-refractivity contribution in [2.24, 2.45) is 23.1 Å². The van der Waals surface area contributed by atoms with Crippen molar-refractivity contribution >= 4 is 17.4 Å². The molecule has 35 heavy (non-hydrogen) atoms. The van der Waals surface area contributed by atoms with Gasteiger partial charge in [0.05, 0.1) is 23.9 Å². The van der Waals surface area contributed by atoms with Crippen molar-refractivity contribution in [2.75, 3.05) is 44.7 Å². The maximum atomic E-state index is 13.7. The van der Waals surface area contributed by atoms with E-state index in [-0.39, 0.29) is 24.5 Å². The van der Waals surface area contributed by atoms with Crippen molar-refractivity contribution in [2.45, 2.75) is 63.3 Å². The molecule has 8 N–H and O–H groups in total. The molecule has 4 rings (SSSR count). The fourth-order valence-electron chi connectivity index (χ4n) is 5.58. The van der Waals surface area contributed by atoms with Crippen molar-refractivity contribution in [3.63, 3.8) is 0 Å². The highest BCUT2D eigenvalue weighted by atomic mass is 16.3. The van der Waals surface area contributed by atoms with Crippen LogP contribution in [0.25, 0.3) is 5.65 Å². The number of aromatic nitrogens is 3. The number of nitrogens with one attached hydrogen (secondary N) is 1. The first-order chi connectivity index (χ1) is 16.9. The Balaban J connectivity index is 1.61. The molecule has 194 valence electrons. The van der Waals surface area contributed by atoms with Gasteiger partial charge in [0.25, 0.3) is 0 Å². The monoisotopic (exact) mass is 487 g/mol. The highest BCUT2D eigenvalue weighted by Crippen LogP contribution is 2.33. The number of carbonyl (C=O) groups is 1. The number of likely N-dealkylation sites (N-methyl/N-ethyl adjacent to an activating group) is 1. The minimum absolute atomic E-state index is 0.0586. The number of likely N-dealkylation sites (tertiary alicyclic amines) is 1. The molecule has 1 amide bonds. The lowest BCUT2D eigenvalue weighted by atomic mass is 9.89. The van der Waals surface area contributed by atoms with Crippen LogP contribution in [0.4, 0.5) is 5.82 Å². The van der Waals surface area contributed by atoms with Crippen molar-refractivity contribution < 1.29 is 9.90 Å². The Hall–Kier alpha value is -2.31. The van der Waals surface area contributed by atoms with Crippen LogP contribution < -0.4 is 27.4 Å². The van der Waals surface area contributed by atoms with Crippen molar-refractivity contribution in [3.8, 4) is 0 Å². The summed E-state index contributed by atoms with van der Waals surface area (Å²) in [6, 6.07) is 1.43. The molecule has 2 aromatic heterocycles. The lowest BCUT2D eigenvalue weighted by molar-refractivity contribution is -0.140. The molecule has 0 saturated carbocycles. The largest absolute Gasteiger partial charge is 0.393 e. The fourth-order valence-corrected chi connectivity index (χ4v) is 5.58. The minimum Gasteiger partial charge on any atom is -0.393 e. The maximum Gasteiger partial charge on any atom is 0.240 e. The number of fused-ring (bicyclic) bond motifs is 1. The van der Waals surface area contributed by atoms with Crippen LogP contribution in [0.1, 0.15) is 49.4 Å². The van der Waals surface area contributed by atoms with E-state index in [1.54, 1.807) is 7.05 Å². The quantitative estimate of drug-likeness (QED) is 0.314. The molecule has 2 fully saturated rings. The summed E-state index contributed by atoms with van der Waals surface area (Å²) in [6.45, 7) is 4.93. The fraction of sp³-hybridized carbons (Fsp3) is 0.708. The van der Waals surface area contributed by atoms with Crippen LogP contribution in [-0.2, 0) is 4.79 Å². The van der Waals surface area contributed by atoms with Gasteiger partial charge in [-0.15, -0.1) is 0 Å². The minimum atomic E-state index is -0.742. The van der Waals surface area contributed by atoms with Crippen molar-refractivity contribution in [1.29, 1.82) is 0 Å². The van der Waals surface area contributed by atoms with Gasteiger partial charge in [0.15, 0.2) is 5.65 Å². The molecule has 2 saturated heterocycles. The number of aliphatic hydroxyl groups is 1. The van der Waals surface area contributed by atoms with E-state index in [4.69, 9.17) is 27.3 Å². The Bertz CT molecular complexity index is 1010.